The fourth-order valence-electron chi connectivity index (χ4n) is 1.73. The molecule has 17 heavy (non-hydrogen) atoms. The number of hydrogen-bond acceptors (Lipinski definition) is 6. The highest BCUT2D eigenvalue weighted by atomic mass is 16.5. The van der Waals surface area contributed by atoms with Crippen LogP contribution in [-0.4, -0.2) is 45.7 Å². The van der Waals surface area contributed by atoms with Gasteiger partial charge < -0.3 is 10.1 Å². The first kappa shape index (κ1) is 11.7. The summed E-state index contributed by atoms with van der Waals surface area (Å²) in [4.78, 5) is 8.30. The molecule has 1 unspecified atom stereocenters. The molecule has 0 aliphatic rings. The lowest BCUT2D eigenvalue weighted by molar-refractivity contribution is 0.149. The minimum Gasteiger partial charge on any atom is -0.384 e. The number of nitrogens with zero attached hydrogens (tertiary/aromatic N) is 5. The average molecular weight is 236 g/mol. The van der Waals surface area contributed by atoms with E-state index in [1.165, 1.54) is 6.33 Å². The standard InChI is InChI=1S/C10H16N6O/c1-7(5-17-3)4-16-10-8(14-15-16)9(11-2)12-6-13-10/h6-7H,4-5H2,1-3H3,(H,11,12,13). The Balaban J connectivity index is 2.30. The summed E-state index contributed by atoms with van der Waals surface area (Å²) in [5.41, 5.74) is 1.44. The van der Waals surface area contributed by atoms with E-state index in [0.717, 1.165) is 12.2 Å². The molecule has 0 saturated carbocycles. The van der Waals surface area contributed by atoms with Crippen molar-refractivity contribution in [1.82, 2.24) is 25.0 Å². The molecule has 0 spiro atoms. The zero-order valence-electron chi connectivity index (χ0n) is 10.2. The monoisotopic (exact) mass is 236 g/mol. The van der Waals surface area contributed by atoms with E-state index in [1.54, 1.807) is 18.8 Å². The van der Waals surface area contributed by atoms with Gasteiger partial charge >= 0.3 is 0 Å². The third-order valence-electron chi connectivity index (χ3n) is 2.47. The van der Waals surface area contributed by atoms with Crippen LogP contribution < -0.4 is 5.32 Å². The molecule has 0 aliphatic heterocycles. The summed E-state index contributed by atoms with van der Waals surface area (Å²) < 4.78 is 6.88. The van der Waals surface area contributed by atoms with E-state index < -0.39 is 0 Å². The van der Waals surface area contributed by atoms with Crippen molar-refractivity contribution in [3.8, 4) is 0 Å². The number of nitrogens with one attached hydrogen (secondary N) is 1. The summed E-state index contributed by atoms with van der Waals surface area (Å²) in [5, 5.41) is 11.2. The topological polar surface area (TPSA) is 77.8 Å². The molecule has 0 aromatic carbocycles. The molecular weight excluding hydrogens is 220 g/mol. The lowest BCUT2D eigenvalue weighted by Crippen LogP contribution is -2.14. The molecule has 0 saturated heterocycles. The first-order valence-electron chi connectivity index (χ1n) is 5.47. The van der Waals surface area contributed by atoms with Gasteiger partial charge in [-0.05, 0) is 5.92 Å². The zero-order valence-corrected chi connectivity index (χ0v) is 10.2. The quantitative estimate of drug-likeness (QED) is 0.816. The lowest BCUT2D eigenvalue weighted by Gasteiger charge is -2.09. The Bertz CT molecular complexity index is 497. The van der Waals surface area contributed by atoms with Crippen LogP contribution in [0.3, 0.4) is 0 Å². The fraction of sp³-hybridized carbons (Fsp3) is 0.600. The molecule has 0 amide bonds. The van der Waals surface area contributed by atoms with Crippen molar-refractivity contribution in [2.45, 2.75) is 13.5 Å². The van der Waals surface area contributed by atoms with Crippen LogP contribution in [0.1, 0.15) is 6.92 Å². The van der Waals surface area contributed by atoms with Gasteiger partial charge in [-0.15, -0.1) is 5.10 Å². The van der Waals surface area contributed by atoms with Crippen LogP contribution in [0.4, 0.5) is 5.82 Å². The van der Waals surface area contributed by atoms with E-state index in [0.29, 0.717) is 23.9 Å². The van der Waals surface area contributed by atoms with Crippen LogP contribution in [-0.2, 0) is 11.3 Å². The van der Waals surface area contributed by atoms with Crippen molar-refractivity contribution >= 4 is 17.0 Å². The first-order chi connectivity index (χ1) is 8.26. The summed E-state index contributed by atoms with van der Waals surface area (Å²) in [5.74, 6) is 1.05. The molecule has 2 aromatic heterocycles. The number of methoxy groups -OCH3 is 1. The predicted molar refractivity (Wildman–Crippen MR) is 63.7 cm³/mol. The first-order valence-corrected chi connectivity index (χ1v) is 5.47. The van der Waals surface area contributed by atoms with Gasteiger partial charge in [-0.1, -0.05) is 12.1 Å². The Morgan fingerprint density at radius 3 is 3.00 bits per heavy atom. The maximum Gasteiger partial charge on any atom is 0.183 e. The van der Waals surface area contributed by atoms with Gasteiger partial charge in [-0.2, -0.15) is 0 Å². The van der Waals surface area contributed by atoms with Crippen LogP contribution in [0.25, 0.3) is 11.2 Å². The van der Waals surface area contributed by atoms with Crippen LogP contribution in [0.2, 0.25) is 0 Å². The van der Waals surface area contributed by atoms with Crippen molar-refractivity contribution in [1.29, 1.82) is 0 Å². The lowest BCUT2D eigenvalue weighted by atomic mass is 10.2. The van der Waals surface area contributed by atoms with Crippen LogP contribution >= 0.6 is 0 Å². The van der Waals surface area contributed by atoms with E-state index in [-0.39, 0.29) is 0 Å². The van der Waals surface area contributed by atoms with E-state index in [9.17, 15) is 0 Å². The molecule has 2 heterocycles. The van der Waals surface area contributed by atoms with Crippen molar-refractivity contribution < 1.29 is 4.74 Å². The van der Waals surface area contributed by atoms with Gasteiger partial charge in [0.1, 0.15) is 6.33 Å². The summed E-state index contributed by atoms with van der Waals surface area (Å²) in [6.07, 6.45) is 1.51. The molecule has 2 rings (SSSR count). The smallest absolute Gasteiger partial charge is 0.183 e. The fourth-order valence-corrected chi connectivity index (χ4v) is 1.73. The maximum absolute atomic E-state index is 5.10. The summed E-state index contributed by atoms with van der Waals surface area (Å²) in [6.45, 7) is 3.51. The molecule has 7 nitrogen and oxygen atoms in total. The average Bonchev–Trinajstić information content (AvgIpc) is 2.73. The number of aromatic nitrogens is 5. The second-order valence-electron chi connectivity index (χ2n) is 3.98. The third-order valence-corrected chi connectivity index (χ3v) is 2.47. The molecule has 1 atom stereocenters. The predicted octanol–water partition coefficient (Wildman–Crippen LogP) is 0.545. The molecule has 0 aliphatic carbocycles. The second kappa shape index (κ2) is 5.05. The van der Waals surface area contributed by atoms with Crippen LogP contribution in [0.5, 0.6) is 0 Å². The summed E-state index contributed by atoms with van der Waals surface area (Å²) >= 11 is 0. The van der Waals surface area contributed by atoms with E-state index >= 15 is 0 Å². The van der Waals surface area contributed by atoms with Crippen molar-refractivity contribution in [2.24, 2.45) is 5.92 Å². The number of hydrogen-bond donors (Lipinski definition) is 1. The Labute approximate surface area is 99.2 Å². The van der Waals surface area contributed by atoms with Gasteiger partial charge in [-0.3, -0.25) is 0 Å². The Morgan fingerprint density at radius 2 is 2.29 bits per heavy atom. The van der Waals surface area contributed by atoms with Gasteiger partial charge in [0, 0.05) is 20.7 Å². The van der Waals surface area contributed by atoms with Crippen LogP contribution in [0, 0.1) is 5.92 Å². The number of rotatable bonds is 5. The van der Waals surface area contributed by atoms with Gasteiger partial charge in [0.2, 0.25) is 0 Å². The van der Waals surface area contributed by atoms with Crippen LogP contribution in [0.15, 0.2) is 6.33 Å². The van der Waals surface area contributed by atoms with E-state index in [4.69, 9.17) is 4.74 Å². The molecule has 0 fully saturated rings. The second-order valence-corrected chi connectivity index (χ2v) is 3.98. The van der Waals surface area contributed by atoms with E-state index in [2.05, 4.69) is 32.5 Å². The number of ether oxygens (including phenoxy) is 1. The SMILES string of the molecule is CNc1ncnc2c1nnn2CC(C)COC. The molecule has 0 radical (unpaired) electrons. The largest absolute Gasteiger partial charge is 0.384 e. The van der Waals surface area contributed by atoms with Crippen molar-refractivity contribution in [2.75, 3.05) is 26.1 Å². The molecule has 1 N–H and O–H groups in total. The minimum absolute atomic E-state index is 0.359. The maximum atomic E-state index is 5.10. The molecule has 2 aromatic rings. The highest BCUT2D eigenvalue weighted by molar-refractivity contribution is 5.81. The molecule has 92 valence electrons. The molecule has 0 bridgehead atoms. The van der Waals surface area contributed by atoms with Crippen molar-refractivity contribution in [3.05, 3.63) is 6.33 Å². The van der Waals surface area contributed by atoms with Gasteiger partial charge in [-0.25, -0.2) is 14.6 Å². The molecular formula is C10H16N6O. The van der Waals surface area contributed by atoms with Gasteiger partial charge in [0.15, 0.2) is 17.0 Å². The van der Waals surface area contributed by atoms with Crippen molar-refractivity contribution in [3.63, 3.8) is 0 Å². The Hall–Kier alpha value is -1.76. The minimum atomic E-state index is 0.359. The van der Waals surface area contributed by atoms with Gasteiger partial charge in [0.05, 0.1) is 6.61 Å². The normalized spacial score (nSPS) is 12.9. The Kier molecular flexibility index (Phi) is 3.48. The number of fused-ring (bicyclic) bond motifs is 1. The third kappa shape index (κ3) is 2.33. The summed E-state index contributed by atoms with van der Waals surface area (Å²) in [7, 11) is 3.49. The molecule has 7 heteroatoms. The summed E-state index contributed by atoms with van der Waals surface area (Å²) in [6, 6.07) is 0. The van der Waals surface area contributed by atoms with Gasteiger partial charge in [0.25, 0.3) is 0 Å². The highest BCUT2D eigenvalue weighted by Gasteiger charge is 2.12. The highest BCUT2D eigenvalue weighted by Crippen LogP contribution is 2.15. The zero-order chi connectivity index (χ0) is 12.3. The van der Waals surface area contributed by atoms with E-state index in [1.807, 2.05) is 0 Å². The number of anilines is 1. The Morgan fingerprint density at radius 1 is 1.47 bits per heavy atom.